The number of ether oxygens (including phenoxy) is 1. The molecular weight excluding hydrogens is 361 g/mol. The second-order valence-electron chi connectivity index (χ2n) is 4.82. The highest BCUT2D eigenvalue weighted by Gasteiger charge is 2.25. The molecule has 118 valence electrons. The van der Waals surface area contributed by atoms with E-state index >= 15 is 0 Å². The highest BCUT2D eigenvalue weighted by atomic mass is 35.7. The Labute approximate surface area is 137 Å². The number of nitrogens with one attached hydrogen (secondary N) is 1. The van der Waals surface area contributed by atoms with Gasteiger partial charge < -0.3 is 10.1 Å². The quantitative estimate of drug-likeness (QED) is 0.804. The van der Waals surface area contributed by atoms with Crippen LogP contribution in [-0.4, -0.2) is 33.6 Å². The van der Waals surface area contributed by atoms with Gasteiger partial charge in [-0.1, -0.05) is 23.2 Å². The van der Waals surface area contributed by atoms with E-state index in [1.807, 2.05) is 0 Å². The number of methoxy groups -OCH3 is 1. The van der Waals surface area contributed by atoms with Crippen molar-refractivity contribution in [1.29, 1.82) is 0 Å². The van der Waals surface area contributed by atoms with Crippen molar-refractivity contribution in [2.45, 2.75) is 24.3 Å². The maximum atomic E-state index is 12.2. The van der Waals surface area contributed by atoms with Gasteiger partial charge in [0.2, 0.25) is 0 Å². The predicted octanol–water partition coefficient (Wildman–Crippen LogP) is 3.08. The molecule has 1 amide bonds. The molecule has 1 rings (SSSR count). The molecule has 0 spiro atoms. The second-order valence-corrected chi connectivity index (χ2v) is 8.14. The number of amides is 1. The van der Waals surface area contributed by atoms with Crippen molar-refractivity contribution >= 4 is 48.8 Å². The van der Waals surface area contributed by atoms with Crippen LogP contribution in [-0.2, 0) is 13.8 Å². The van der Waals surface area contributed by atoms with E-state index < -0.39 is 20.6 Å². The Morgan fingerprint density at radius 2 is 1.90 bits per heavy atom. The molecule has 0 saturated heterocycles. The molecule has 0 aliphatic carbocycles. The first-order valence-electron chi connectivity index (χ1n) is 5.75. The minimum Gasteiger partial charge on any atom is -0.377 e. The van der Waals surface area contributed by atoms with Crippen LogP contribution >= 0.6 is 33.9 Å². The number of hydrogen-bond donors (Lipinski definition) is 1. The van der Waals surface area contributed by atoms with Crippen LogP contribution in [0.5, 0.6) is 0 Å². The van der Waals surface area contributed by atoms with Crippen LogP contribution in [0.15, 0.2) is 17.0 Å². The maximum Gasteiger partial charge on any atom is 0.262 e. The SMILES string of the molecule is COC(C)(C)CNC(=O)c1c(Cl)ccc(S(=O)(=O)Cl)c1Cl. The third kappa shape index (κ3) is 4.72. The molecule has 0 saturated carbocycles. The molecule has 0 aliphatic rings. The fraction of sp³-hybridized carbons (Fsp3) is 0.417. The van der Waals surface area contributed by atoms with Gasteiger partial charge in [0.15, 0.2) is 0 Å². The van der Waals surface area contributed by atoms with Gasteiger partial charge >= 0.3 is 0 Å². The molecule has 0 heterocycles. The van der Waals surface area contributed by atoms with Gasteiger partial charge in [0, 0.05) is 24.3 Å². The lowest BCUT2D eigenvalue weighted by molar-refractivity contribution is 0.0229. The van der Waals surface area contributed by atoms with E-state index in [2.05, 4.69) is 5.32 Å². The van der Waals surface area contributed by atoms with E-state index in [-0.39, 0.29) is 27.0 Å². The number of benzene rings is 1. The molecule has 1 aromatic carbocycles. The molecule has 1 N–H and O–H groups in total. The van der Waals surface area contributed by atoms with E-state index in [0.717, 1.165) is 6.07 Å². The first kappa shape index (κ1) is 18.5. The van der Waals surface area contributed by atoms with Crippen LogP contribution in [0.1, 0.15) is 24.2 Å². The fourth-order valence-corrected chi connectivity index (χ4v) is 3.28. The topological polar surface area (TPSA) is 72.5 Å². The Morgan fingerprint density at radius 1 is 1.33 bits per heavy atom. The van der Waals surface area contributed by atoms with Gasteiger partial charge in [-0.25, -0.2) is 8.42 Å². The summed E-state index contributed by atoms with van der Waals surface area (Å²) in [7, 11) is 2.69. The van der Waals surface area contributed by atoms with Gasteiger partial charge in [-0.3, -0.25) is 4.79 Å². The lowest BCUT2D eigenvalue weighted by atomic mass is 10.1. The summed E-state index contributed by atoms with van der Waals surface area (Å²) in [5.74, 6) is -0.614. The zero-order valence-corrected chi connectivity index (χ0v) is 14.6. The Morgan fingerprint density at radius 3 is 2.38 bits per heavy atom. The summed E-state index contributed by atoms with van der Waals surface area (Å²) in [6.45, 7) is 3.74. The van der Waals surface area contributed by atoms with Crippen LogP contribution in [0.3, 0.4) is 0 Å². The van der Waals surface area contributed by atoms with E-state index in [4.69, 9.17) is 38.6 Å². The number of rotatable bonds is 5. The summed E-state index contributed by atoms with van der Waals surface area (Å²) in [4.78, 5) is 11.8. The molecule has 21 heavy (non-hydrogen) atoms. The summed E-state index contributed by atoms with van der Waals surface area (Å²) in [6.07, 6.45) is 0. The van der Waals surface area contributed by atoms with Crippen molar-refractivity contribution < 1.29 is 17.9 Å². The predicted molar refractivity (Wildman–Crippen MR) is 82.9 cm³/mol. The lowest BCUT2D eigenvalue weighted by Crippen LogP contribution is -2.39. The average molecular weight is 375 g/mol. The third-order valence-electron chi connectivity index (χ3n) is 2.77. The molecule has 0 aromatic heterocycles. The molecular formula is C12H14Cl3NO4S. The fourth-order valence-electron chi connectivity index (χ4n) is 1.38. The summed E-state index contributed by atoms with van der Waals surface area (Å²) in [5.41, 5.74) is -0.739. The van der Waals surface area contributed by atoms with Gasteiger partial charge in [-0.2, -0.15) is 0 Å². The number of halogens is 3. The van der Waals surface area contributed by atoms with Gasteiger partial charge in [-0.05, 0) is 26.0 Å². The van der Waals surface area contributed by atoms with Crippen LogP contribution in [0.25, 0.3) is 0 Å². The zero-order chi connectivity index (χ0) is 16.4. The summed E-state index contributed by atoms with van der Waals surface area (Å²) < 4.78 is 27.9. The average Bonchev–Trinajstić information content (AvgIpc) is 2.35. The highest BCUT2D eigenvalue weighted by molar-refractivity contribution is 8.13. The highest BCUT2D eigenvalue weighted by Crippen LogP contribution is 2.32. The van der Waals surface area contributed by atoms with E-state index in [9.17, 15) is 13.2 Å². The lowest BCUT2D eigenvalue weighted by Gasteiger charge is -2.23. The van der Waals surface area contributed by atoms with E-state index in [1.165, 1.54) is 13.2 Å². The van der Waals surface area contributed by atoms with E-state index in [1.54, 1.807) is 13.8 Å². The van der Waals surface area contributed by atoms with Crippen LogP contribution in [0, 0.1) is 0 Å². The molecule has 0 fully saturated rings. The second kappa shape index (κ2) is 6.71. The van der Waals surface area contributed by atoms with Crippen molar-refractivity contribution in [2.24, 2.45) is 0 Å². The third-order valence-corrected chi connectivity index (χ3v) is 4.96. The Kier molecular flexibility index (Phi) is 5.91. The van der Waals surface area contributed by atoms with Gasteiger partial charge in [0.1, 0.15) is 4.90 Å². The largest absolute Gasteiger partial charge is 0.377 e. The van der Waals surface area contributed by atoms with Gasteiger partial charge in [-0.15, -0.1) is 0 Å². The number of carbonyl (C=O) groups excluding carboxylic acids is 1. The molecule has 5 nitrogen and oxygen atoms in total. The van der Waals surface area contributed by atoms with Crippen LogP contribution in [0.4, 0.5) is 0 Å². The zero-order valence-electron chi connectivity index (χ0n) is 11.5. The van der Waals surface area contributed by atoms with Gasteiger partial charge in [0.25, 0.3) is 15.0 Å². The minimum absolute atomic E-state index is 0.0248. The molecule has 0 bridgehead atoms. The molecule has 0 radical (unpaired) electrons. The standard InChI is InChI=1S/C12H14Cl3NO4S/c1-12(2,20-3)6-16-11(17)9-7(13)4-5-8(10(9)14)21(15,18)19/h4-5H,6H2,1-3H3,(H,16,17). The molecule has 0 atom stereocenters. The van der Waals surface area contributed by atoms with Gasteiger partial charge in [0.05, 0.1) is 21.2 Å². The molecule has 0 aliphatic heterocycles. The van der Waals surface area contributed by atoms with E-state index in [0.29, 0.717) is 0 Å². The van der Waals surface area contributed by atoms with Crippen molar-refractivity contribution in [3.63, 3.8) is 0 Å². The first-order chi connectivity index (χ1) is 9.49. The number of carbonyl (C=O) groups is 1. The monoisotopic (exact) mass is 373 g/mol. The smallest absolute Gasteiger partial charge is 0.262 e. The summed E-state index contributed by atoms with van der Waals surface area (Å²) in [6, 6.07) is 2.39. The normalized spacial score (nSPS) is 12.3. The molecule has 1 aromatic rings. The molecule has 9 heteroatoms. The van der Waals surface area contributed by atoms with Crippen LogP contribution < -0.4 is 5.32 Å². The first-order valence-corrected chi connectivity index (χ1v) is 8.82. The Hall–Kier alpha value is -0.530. The Bertz CT molecular complexity index is 659. The van der Waals surface area contributed by atoms with Crippen molar-refractivity contribution in [2.75, 3.05) is 13.7 Å². The maximum absolute atomic E-state index is 12.2. The minimum atomic E-state index is -4.08. The summed E-state index contributed by atoms with van der Waals surface area (Å²) in [5, 5.41) is 2.29. The number of hydrogen-bond acceptors (Lipinski definition) is 4. The van der Waals surface area contributed by atoms with Crippen molar-refractivity contribution in [1.82, 2.24) is 5.32 Å². The van der Waals surface area contributed by atoms with Crippen LogP contribution in [0.2, 0.25) is 10.0 Å². The Balaban J connectivity index is 3.16. The van der Waals surface area contributed by atoms with Crippen molar-refractivity contribution in [3.8, 4) is 0 Å². The molecule has 0 unspecified atom stereocenters. The van der Waals surface area contributed by atoms with Crippen molar-refractivity contribution in [3.05, 3.63) is 27.7 Å². The summed E-state index contributed by atoms with van der Waals surface area (Å²) >= 11 is 11.9.